The zero-order valence-corrected chi connectivity index (χ0v) is 15.5. The summed E-state index contributed by atoms with van der Waals surface area (Å²) in [5, 5.41) is 9.98. The lowest BCUT2D eigenvalue weighted by atomic mass is 10.1. The molecule has 25 heavy (non-hydrogen) atoms. The number of likely N-dealkylation sites (tertiary alicyclic amines) is 1. The second-order valence-corrected chi connectivity index (χ2v) is 7.40. The standard InChI is InChI=1S/C17H25N3O4S/c1-3-5-15-18-10-14(25-15)17(24)19-8-4-6-13(7-9-19)20(12(2)21)11-16(22)23/h10,13H,3-9,11H2,1-2H3,(H,22,23)/t13-/m0/s1. The third-order valence-electron chi connectivity index (χ3n) is 4.36. The van der Waals surface area contributed by atoms with Crippen molar-refractivity contribution in [2.45, 2.75) is 52.0 Å². The molecule has 1 aromatic heterocycles. The fraction of sp³-hybridized carbons (Fsp3) is 0.647. The first-order valence-corrected chi connectivity index (χ1v) is 9.47. The van der Waals surface area contributed by atoms with E-state index in [0.29, 0.717) is 30.8 Å². The van der Waals surface area contributed by atoms with Gasteiger partial charge in [-0.15, -0.1) is 11.3 Å². The highest BCUT2D eigenvalue weighted by Gasteiger charge is 2.28. The maximum atomic E-state index is 12.7. The van der Waals surface area contributed by atoms with E-state index in [-0.39, 0.29) is 24.4 Å². The largest absolute Gasteiger partial charge is 0.480 e. The highest BCUT2D eigenvalue weighted by Crippen LogP contribution is 2.21. The van der Waals surface area contributed by atoms with Crippen molar-refractivity contribution in [2.75, 3.05) is 19.6 Å². The second kappa shape index (κ2) is 8.94. The minimum atomic E-state index is -1.01. The van der Waals surface area contributed by atoms with Gasteiger partial charge in [-0.2, -0.15) is 0 Å². The number of carbonyl (C=O) groups is 3. The van der Waals surface area contributed by atoms with Crippen LogP contribution in [0.4, 0.5) is 0 Å². The summed E-state index contributed by atoms with van der Waals surface area (Å²) in [4.78, 5) is 43.6. The van der Waals surface area contributed by atoms with E-state index in [1.54, 1.807) is 11.1 Å². The summed E-state index contributed by atoms with van der Waals surface area (Å²) in [5.74, 6) is -1.27. The lowest BCUT2D eigenvalue weighted by Crippen LogP contribution is -2.43. The van der Waals surface area contributed by atoms with Gasteiger partial charge in [0, 0.05) is 26.1 Å². The number of hydrogen-bond acceptors (Lipinski definition) is 5. The number of carboxylic acids is 1. The Labute approximate surface area is 151 Å². The fourth-order valence-corrected chi connectivity index (χ4v) is 4.12. The molecule has 1 aliphatic heterocycles. The van der Waals surface area contributed by atoms with Gasteiger partial charge in [0.1, 0.15) is 11.4 Å². The van der Waals surface area contributed by atoms with Gasteiger partial charge in [0.2, 0.25) is 5.91 Å². The quantitative estimate of drug-likeness (QED) is 0.831. The Kier molecular flexibility index (Phi) is 6.92. The first kappa shape index (κ1) is 19.4. The summed E-state index contributed by atoms with van der Waals surface area (Å²) in [5.41, 5.74) is 0. The highest BCUT2D eigenvalue weighted by atomic mass is 32.1. The zero-order chi connectivity index (χ0) is 18.4. The number of aryl methyl sites for hydroxylation is 1. The Morgan fingerprint density at radius 3 is 2.76 bits per heavy atom. The molecule has 1 saturated heterocycles. The number of aliphatic carboxylic acids is 1. The maximum Gasteiger partial charge on any atom is 0.323 e. The summed E-state index contributed by atoms with van der Waals surface area (Å²) in [6.45, 7) is 4.32. The van der Waals surface area contributed by atoms with Crippen LogP contribution in [-0.2, 0) is 16.0 Å². The number of nitrogens with zero attached hydrogens (tertiary/aromatic N) is 3. The molecule has 1 fully saturated rings. The summed E-state index contributed by atoms with van der Waals surface area (Å²) < 4.78 is 0. The lowest BCUT2D eigenvalue weighted by molar-refractivity contribution is -0.145. The fourth-order valence-electron chi connectivity index (χ4n) is 3.13. The molecule has 1 aliphatic rings. The number of rotatable bonds is 6. The Bertz CT molecular complexity index is 631. The average molecular weight is 367 g/mol. The second-order valence-electron chi connectivity index (χ2n) is 6.29. The molecule has 0 unspecified atom stereocenters. The summed E-state index contributed by atoms with van der Waals surface area (Å²) in [7, 11) is 0. The first-order valence-electron chi connectivity index (χ1n) is 8.65. The smallest absolute Gasteiger partial charge is 0.323 e. The summed E-state index contributed by atoms with van der Waals surface area (Å²) in [6, 6.07) is -0.136. The SMILES string of the molecule is CCCc1ncc(C(=O)N2CCC[C@H](N(CC(=O)O)C(C)=O)CC2)s1. The highest BCUT2D eigenvalue weighted by molar-refractivity contribution is 7.13. The van der Waals surface area contributed by atoms with Crippen molar-refractivity contribution >= 4 is 29.1 Å². The minimum Gasteiger partial charge on any atom is -0.480 e. The van der Waals surface area contributed by atoms with E-state index >= 15 is 0 Å². The van der Waals surface area contributed by atoms with Gasteiger partial charge in [0.25, 0.3) is 5.91 Å². The Balaban J connectivity index is 2.00. The van der Waals surface area contributed by atoms with E-state index < -0.39 is 5.97 Å². The lowest BCUT2D eigenvalue weighted by Gasteiger charge is -2.28. The molecule has 2 rings (SSSR count). The van der Waals surface area contributed by atoms with Crippen LogP contribution in [0.1, 0.15) is 54.2 Å². The van der Waals surface area contributed by atoms with E-state index in [2.05, 4.69) is 11.9 Å². The number of hydrogen-bond donors (Lipinski definition) is 1. The molecule has 1 aromatic rings. The van der Waals surface area contributed by atoms with Crippen molar-refractivity contribution in [2.24, 2.45) is 0 Å². The summed E-state index contributed by atoms with van der Waals surface area (Å²) in [6.07, 6.45) is 5.58. The van der Waals surface area contributed by atoms with Crippen LogP contribution < -0.4 is 0 Å². The summed E-state index contributed by atoms with van der Waals surface area (Å²) >= 11 is 1.44. The molecule has 0 spiro atoms. The molecule has 2 amide bonds. The Morgan fingerprint density at radius 2 is 2.12 bits per heavy atom. The van der Waals surface area contributed by atoms with Gasteiger partial charge in [-0.25, -0.2) is 4.98 Å². The van der Waals surface area contributed by atoms with Gasteiger partial charge in [-0.3, -0.25) is 14.4 Å². The van der Waals surface area contributed by atoms with Gasteiger partial charge in [-0.05, 0) is 32.1 Å². The third-order valence-corrected chi connectivity index (χ3v) is 5.41. The molecule has 0 radical (unpaired) electrons. The molecule has 0 bridgehead atoms. The zero-order valence-electron chi connectivity index (χ0n) is 14.7. The van der Waals surface area contributed by atoms with Crippen molar-refractivity contribution < 1.29 is 19.5 Å². The van der Waals surface area contributed by atoms with E-state index in [9.17, 15) is 14.4 Å². The van der Waals surface area contributed by atoms with Gasteiger partial charge in [0.05, 0.1) is 11.2 Å². The van der Waals surface area contributed by atoms with Crippen LogP contribution in [0, 0.1) is 0 Å². The number of aromatic nitrogens is 1. The van der Waals surface area contributed by atoms with E-state index in [1.807, 2.05) is 0 Å². The first-order chi connectivity index (χ1) is 11.9. The van der Waals surface area contributed by atoms with Crippen LogP contribution in [0.5, 0.6) is 0 Å². The number of amides is 2. The van der Waals surface area contributed by atoms with Crippen molar-refractivity contribution in [3.63, 3.8) is 0 Å². The van der Waals surface area contributed by atoms with Crippen LogP contribution >= 0.6 is 11.3 Å². The molecule has 0 aromatic carbocycles. The number of carbonyl (C=O) groups excluding carboxylic acids is 2. The minimum absolute atomic E-state index is 0.0203. The van der Waals surface area contributed by atoms with Crippen molar-refractivity contribution in [3.8, 4) is 0 Å². The number of carboxylic acid groups (broad SMARTS) is 1. The average Bonchev–Trinajstić information content (AvgIpc) is 2.88. The molecule has 1 N–H and O–H groups in total. The molecule has 0 aliphatic carbocycles. The molecular formula is C17H25N3O4S. The molecule has 8 heteroatoms. The predicted molar refractivity (Wildman–Crippen MR) is 94.7 cm³/mol. The van der Waals surface area contributed by atoms with Gasteiger partial charge in [0.15, 0.2) is 0 Å². The van der Waals surface area contributed by atoms with Crippen molar-refractivity contribution in [3.05, 3.63) is 16.1 Å². The Hall–Kier alpha value is -1.96. The van der Waals surface area contributed by atoms with Gasteiger partial charge < -0.3 is 14.9 Å². The van der Waals surface area contributed by atoms with E-state index in [1.165, 1.54) is 23.2 Å². The normalized spacial score (nSPS) is 17.8. The molecule has 138 valence electrons. The van der Waals surface area contributed by atoms with Crippen molar-refractivity contribution in [1.29, 1.82) is 0 Å². The van der Waals surface area contributed by atoms with Crippen LogP contribution in [0.25, 0.3) is 0 Å². The number of thiazole rings is 1. The molecule has 1 atom stereocenters. The van der Waals surface area contributed by atoms with Crippen LogP contribution in [0.2, 0.25) is 0 Å². The van der Waals surface area contributed by atoms with E-state index in [0.717, 1.165) is 24.3 Å². The van der Waals surface area contributed by atoms with Gasteiger partial charge in [-0.1, -0.05) is 6.92 Å². The molecule has 2 heterocycles. The maximum absolute atomic E-state index is 12.7. The molecule has 0 saturated carbocycles. The van der Waals surface area contributed by atoms with E-state index in [4.69, 9.17) is 5.11 Å². The van der Waals surface area contributed by atoms with Gasteiger partial charge >= 0.3 is 5.97 Å². The topological polar surface area (TPSA) is 90.8 Å². The molecular weight excluding hydrogens is 342 g/mol. The third kappa shape index (κ3) is 5.26. The molecule has 7 nitrogen and oxygen atoms in total. The van der Waals surface area contributed by atoms with Crippen LogP contribution in [0.15, 0.2) is 6.20 Å². The monoisotopic (exact) mass is 367 g/mol. The van der Waals surface area contributed by atoms with Crippen LogP contribution in [-0.4, -0.2) is 63.4 Å². The van der Waals surface area contributed by atoms with Crippen molar-refractivity contribution in [1.82, 2.24) is 14.8 Å². The predicted octanol–water partition coefficient (Wildman–Crippen LogP) is 2.02. The Morgan fingerprint density at radius 1 is 1.36 bits per heavy atom. The van der Waals surface area contributed by atoms with Crippen LogP contribution in [0.3, 0.4) is 0 Å².